The van der Waals surface area contributed by atoms with Crippen LogP contribution in [-0.2, 0) is 6.54 Å². The molecule has 0 spiro atoms. The maximum absolute atomic E-state index is 5.78. The van der Waals surface area contributed by atoms with Gasteiger partial charge in [0.15, 0.2) is 0 Å². The van der Waals surface area contributed by atoms with E-state index in [1.54, 1.807) is 7.11 Å². The third-order valence-electron chi connectivity index (χ3n) is 3.42. The maximum Gasteiger partial charge on any atom is 0.128 e. The molecule has 108 valence electrons. The van der Waals surface area contributed by atoms with Gasteiger partial charge in [0.05, 0.1) is 12.8 Å². The standard InChI is InChI=1S/C15H27N3O/c1-11-7-17-13(12(2)14(11)19-6)8-18(5)10-15(3,4)9-16/h7H,8-10,16H2,1-6H3. The molecular weight excluding hydrogens is 238 g/mol. The number of hydrogen-bond donors (Lipinski definition) is 1. The van der Waals surface area contributed by atoms with Crippen molar-refractivity contribution in [2.45, 2.75) is 34.2 Å². The summed E-state index contributed by atoms with van der Waals surface area (Å²) in [6.07, 6.45) is 1.88. The maximum atomic E-state index is 5.78. The van der Waals surface area contributed by atoms with E-state index < -0.39 is 0 Å². The van der Waals surface area contributed by atoms with Crippen molar-refractivity contribution >= 4 is 0 Å². The van der Waals surface area contributed by atoms with Crippen LogP contribution in [0, 0.1) is 19.3 Å². The van der Waals surface area contributed by atoms with Crippen LogP contribution in [0.2, 0.25) is 0 Å². The number of pyridine rings is 1. The Morgan fingerprint density at radius 3 is 2.53 bits per heavy atom. The molecular formula is C15H27N3O. The van der Waals surface area contributed by atoms with Crippen LogP contribution in [-0.4, -0.2) is 37.1 Å². The zero-order valence-electron chi connectivity index (χ0n) is 13.1. The quantitative estimate of drug-likeness (QED) is 0.856. The fraction of sp³-hybridized carbons (Fsp3) is 0.667. The normalized spacial score (nSPS) is 12.0. The Labute approximate surface area is 117 Å². The minimum absolute atomic E-state index is 0.122. The molecule has 0 bridgehead atoms. The zero-order chi connectivity index (χ0) is 14.6. The van der Waals surface area contributed by atoms with Gasteiger partial charge in [-0.1, -0.05) is 13.8 Å². The molecule has 0 radical (unpaired) electrons. The van der Waals surface area contributed by atoms with E-state index in [0.29, 0.717) is 6.54 Å². The zero-order valence-corrected chi connectivity index (χ0v) is 13.1. The van der Waals surface area contributed by atoms with Crippen molar-refractivity contribution in [2.75, 3.05) is 27.2 Å². The van der Waals surface area contributed by atoms with Gasteiger partial charge in [-0.2, -0.15) is 0 Å². The molecule has 4 heteroatoms. The summed E-state index contributed by atoms with van der Waals surface area (Å²) >= 11 is 0. The monoisotopic (exact) mass is 265 g/mol. The van der Waals surface area contributed by atoms with E-state index in [9.17, 15) is 0 Å². The van der Waals surface area contributed by atoms with Crippen molar-refractivity contribution in [2.24, 2.45) is 11.1 Å². The average Bonchev–Trinajstić information content (AvgIpc) is 2.33. The van der Waals surface area contributed by atoms with E-state index >= 15 is 0 Å². The molecule has 4 nitrogen and oxygen atoms in total. The lowest BCUT2D eigenvalue weighted by Gasteiger charge is -2.29. The van der Waals surface area contributed by atoms with Crippen molar-refractivity contribution in [3.8, 4) is 5.75 Å². The highest BCUT2D eigenvalue weighted by Crippen LogP contribution is 2.25. The van der Waals surface area contributed by atoms with E-state index in [4.69, 9.17) is 10.5 Å². The first-order valence-electron chi connectivity index (χ1n) is 6.68. The predicted octanol–water partition coefficient (Wildman–Crippen LogP) is 2.12. The van der Waals surface area contributed by atoms with Crippen LogP contribution in [0.15, 0.2) is 6.20 Å². The predicted molar refractivity (Wildman–Crippen MR) is 79.4 cm³/mol. The summed E-state index contributed by atoms with van der Waals surface area (Å²) in [7, 11) is 3.81. The summed E-state index contributed by atoms with van der Waals surface area (Å²) in [5.41, 5.74) is 9.17. The van der Waals surface area contributed by atoms with Gasteiger partial charge in [0, 0.05) is 30.4 Å². The first-order chi connectivity index (χ1) is 8.80. The molecule has 0 unspecified atom stereocenters. The molecule has 0 aliphatic heterocycles. The fourth-order valence-corrected chi connectivity index (χ4v) is 2.34. The topological polar surface area (TPSA) is 51.4 Å². The molecule has 19 heavy (non-hydrogen) atoms. The molecule has 0 saturated carbocycles. The minimum Gasteiger partial charge on any atom is -0.496 e. The van der Waals surface area contributed by atoms with E-state index in [2.05, 4.69) is 37.7 Å². The largest absolute Gasteiger partial charge is 0.496 e. The van der Waals surface area contributed by atoms with Gasteiger partial charge >= 0.3 is 0 Å². The third kappa shape index (κ3) is 4.18. The number of ether oxygens (including phenoxy) is 1. The number of aromatic nitrogens is 1. The van der Waals surface area contributed by atoms with Crippen molar-refractivity contribution < 1.29 is 4.74 Å². The summed E-state index contributed by atoms with van der Waals surface area (Å²) in [5.74, 6) is 0.941. The second-order valence-electron chi connectivity index (χ2n) is 6.09. The second kappa shape index (κ2) is 6.35. The number of nitrogens with zero attached hydrogens (tertiary/aromatic N) is 2. The summed E-state index contributed by atoms with van der Waals surface area (Å²) in [6.45, 7) is 10.9. The van der Waals surface area contributed by atoms with Crippen LogP contribution in [0.3, 0.4) is 0 Å². The molecule has 1 aromatic rings. The number of hydrogen-bond acceptors (Lipinski definition) is 4. The number of nitrogens with two attached hydrogens (primary N) is 1. The lowest BCUT2D eigenvalue weighted by Crippen LogP contribution is -2.36. The Bertz CT molecular complexity index is 430. The Morgan fingerprint density at radius 2 is 2.00 bits per heavy atom. The van der Waals surface area contributed by atoms with Crippen LogP contribution in [0.25, 0.3) is 0 Å². The van der Waals surface area contributed by atoms with Crippen LogP contribution in [0.5, 0.6) is 5.75 Å². The second-order valence-corrected chi connectivity index (χ2v) is 6.09. The molecule has 2 N–H and O–H groups in total. The van der Waals surface area contributed by atoms with Gasteiger partial charge < -0.3 is 10.5 Å². The highest BCUT2D eigenvalue weighted by Gasteiger charge is 2.19. The van der Waals surface area contributed by atoms with Gasteiger partial charge in [0.2, 0.25) is 0 Å². The third-order valence-corrected chi connectivity index (χ3v) is 3.42. The summed E-state index contributed by atoms with van der Waals surface area (Å²) in [4.78, 5) is 6.79. The summed E-state index contributed by atoms with van der Waals surface area (Å²) in [5, 5.41) is 0. The SMILES string of the molecule is COc1c(C)cnc(CN(C)CC(C)(C)CN)c1C. The Kier molecular flexibility index (Phi) is 5.32. The first-order valence-corrected chi connectivity index (χ1v) is 6.68. The van der Waals surface area contributed by atoms with E-state index in [1.165, 1.54) is 0 Å². The van der Waals surface area contributed by atoms with E-state index in [-0.39, 0.29) is 5.41 Å². The molecule has 1 rings (SSSR count). The van der Waals surface area contributed by atoms with Gasteiger partial charge in [-0.15, -0.1) is 0 Å². The number of methoxy groups -OCH3 is 1. The van der Waals surface area contributed by atoms with Crippen molar-refractivity contribution in [3.05, 3.63) is 23.0 Å². The van der Waals surface area contributed by atoms with Crippen molar-refractivity contribution in [3.63, 3.8) is 0 Å². The number of rotatable bonds is 6. The number of aryl methyl sites for hydroxylation is 1. The molecule has 0 aliphatic carbocycles. The van der Waals surface area contributed by atoms with Crippen LogP contribution < -0.4 is 10.5 Å². The molecule has 0 saturated heterocycles. The lowest BCUT2D eigenvalue weighted by molar-refractivity contribution is 0.207. The molecule has 0 aliphatic rings. The van der Waals surface area contributed by atoms with E-state index in [1.807, 2.05) is 13.1 Å². The van der Waals surface area contributed by atoms with Gasteiger partial charge in [0.25, 0.3) is 0 Å². The Balaban J connectivity index is 2.83. The Hall–Kier alpha value is -1.13. The smallest absolute Gasteiger partial charge is 0.128 e. The van der Waals surface area contributed by atoms with Crippen LogP contribution >= 0.6 is 0 Å². The summed E-state index contributed by atoms with van der Waals surface area (Å²) < 4.78 is 5.44. The highest BCUT2D eigenvalue weighted by atomic mass is 16.5. The molecule has 0 atom stereocenters. The molecule has 1 aromatic heterocycles. The minimum atomic E-state index is 0.122. The van der Waals surface area contributed by atoms with Gasteiger partial charge in [-0.3, -0.25) is 9.88 Å². The van der Waals surface area contributed by atoms with Gasteiger partial charge in [-0.05, 0) is 32.9 Å². The molecule has 0 fully saturated rings. The van der Waals surface area contributed by atoms with Crippen molar-refractivity contribution in [1.29, 1.82) is 0 Å². The van der Waals surface area contributed by atoms with Gasteiger partial charge in [0.1, 0.15) is 5.75 Å². The molecule has 0 aromatic carbocycles. The van der Waals surface area contributed by atoms with Crippen molar-refractivity contribution in [1.82, 2.24) is 9.88 Å². The van der Waals surface area contributed by atoms with E-state index in [0.717, 1.165) is 35.7 Å². The molecule has 0 amide bonds. The van der Waals surface area contributed by atoms with Crippen LogP contribution in [0.4, 0.5) is 0 Å². The lowest BCUT2D eigenvalue weighted by atomic mass is 9.93. The Morgan fingerprint density at radius 1 is 1.37 bits per heavy atom. The highest BCUT2D eigenvalue weighted by molar-refractivity contribution is 5.40. The average molecular weight is 265 g/mol. The molecule has 1 heterocycles. The summed E-state index contributed by atoms with van der Waals surface area (Å²) in [6, 6.07) is 0. The fourth-order valence-electron chi connectivity index (χ4n) is 2.34. The van der Waals surface area contributed by atoms with Crippen LogP contribution in [0.1, 0.15) is 30.7 Å². The first kappa shape index (κ1) is 15.9. The van der Waals surface area contributed by atoms with Gasteiger partial charge in [-0.25, -0.2) is 0 Å².